The largest absolute Gasteiger partial charge is 0.278 e. The van der Waals surface area contributed by atoms with Crippen LogP contribution in [-0.4, -0.2) is 16.7 Å². The third-order valence-corrected chi connectivity index (χ3v) is 5.82. The molecule has 0 unspecified atom stereocenters. The van der Waals surface area contributed by atoms with Gasteiger partial charge in [0.2, 0.25) is 11.8 Å². The van der Waals surface area contributed by atoms with E-state index < -0.39 is 0 Å². The molecule has 1 aromatic rings. The summed E-state index contributed by atoms with van der Waals surface area (Å²) in [5.41, 5.74) is 1.02. The molecule has 2 bridgehead atoms. The molecule has 5 rings (SSSR count). The second-order valence-corrected chi connectivity index (χ2v) is 7.48. The molecule has 0 N–H and O–H groups in total. The van der Waals surface area contributed by atoms with Crippen LogP contribution in [0.25, 0.3) is 0 Å². The predicted molar refractivity (Wildman–Crippen MR) is 87.1 cm³/mol. The first kappa shape index (κ1) is 13.5. The molecule has 1 saturated heterocycles. The van der Waals surface area contributed by atoms with E-state index in [1.165, 1.54) is 4.90 Å². The van der Waals surface area contributed by atoms with E-state index in [1.807, 2.05) is 24.3 Å². The number of halogens is 1. The van der Waals surface area contributed by atoms with Gasteiger partial charge in [0.25, 0.3) is 0 Å². The number of carbonyl (C=O) groups is 2. The van der Waals surface area contributed by atoms with Crippen molar-refractivity contribution in [3.8, 4) is 0 Å². The molecular weight excluding hydrogens is 377 g/mol. The number of amides is 2. The van der Waals surface area contributed by atoms with Crippen molar-refractivity contribution in [3.05, 3.63) is 45.6 Å². The van der Waals surface area contributed by atoms with Crippen molar-refractivity contribution in [2.45, 2.75) is 19.4 Å². The Hall–Kier alpha value is -1.17. The van der Waals surface area contributed by atoms with E-state index in [2.05, 4.69) is 34.7 Å². The first-order valence-corrected chi connectivity index (χ1v) is 8.51. The third kappa shape index (κ3) is 2.06. The van der Waals surface area contributed by atoms with Crippen molar-refractivity contribution < 1.29 is 9.59 Å². The quantitative estimate of drug-likeness (QED) is 0.440. The molecule has 0 radical (unpaired) electrons. The van der Waals surface area contributed by atoms with Gasteiger partial charge in [0, 0.05) is 3.57 Å². The number of hydrogen-bond donors (Lipinski definition) is 0. The van der Waals surface area contributed by atoms with E-state index in [4.69, 9.17) is 0 Å². The van der Waals surface area contributed by atoms with Crippen molar-refractivity contribution in [1.82, 2.24) is 4.90 Å². The van der Waals surface area contributed by atoms with Crippen molar-refractivity contribution in [3.63, 3.8) is 0 Å². The zero-order chi connectivity index (χ0) is 14.6. The van der Waals surface area contributed by atoms with Gasteiger partial charge in [-0.3, -0.25) is 14.5 Å². The number of fused-ring (bicyclic) bond motifs is 1. The standard InChI is InChI=1S/C17H16INO2/c18-13-7-1-10(2-8-13)9-19-16(20)14-11-3-4-12(6-5-11)15(14)17(19)21/h1-4,7-8,11-12,14-15H,5-6,9H2/t11-,12-,14-,15-/m0/s1. The highest BCUT2D eigenvalue weighted by Crippen LogP contribution is 2.49. The molecule has 3 aliphatic carbocycles. The Balaban J connectivity index is 1.61. The molecule has 4 heteroatoms. The maximum absolute atomic E-state index is 12.7. The summed E-state index contributed by atoms with van der Waals surface area (Å²) in [7, 11) is 0. The van der Waals surface area contributed by atoms with Crippen LogP contribution >= 0.6 is 22.6 Å². The van der Waals surface area contributed by atoms with Crippen LogP contribution in [0, 0.1) is 27.2 Å². The van der Waals surface area contributed by atoms with Gasteiger partial charge in [0.15, 0.2) is 0 Å². The van der Waals surface area contributed by atoms with Gasteiger partial charge in [-0.25, -0.2) is 0 Å². The number of hydrogen-bond acceptors (Lipinski definition) is 2. The molecule has 4 atom stereocenters. The Morgan fingerprint density at radius 1 is 0.952 bits per heavy atom. The summed E-state index contributed by atoms with van der Waals surface area (Å²) in [6.07, 6.45) is 6.43. The average molecular weight is 393 g/mol. The lowest BCUT2D eigenvalue weighted by Gasteiger charge is -2.38. The monoisotopic (exact) mass is 393 g/mol. The van der Waals surface area contributed by atoms with E-state index in [-0.39, 0.29) is 35.5 Å². The minimum Gasteiger partial charge on any atom is -0.278 e. The van der Waals surface area contributed by atoms with Crippen LogP contribution in [-0.2, 0) is 16.1 Å². The second kappa shape index (κ2) is 4.93. The summed E-state index contributed by atoms with van der Waals surface area (Å²) < 4.78 is 1.16. The zero-order valence-electron chi connectivity index (χ0n) is 11.5. The van der Waals surface area contributed by atoms with Gasteiger partial charge in [-0.2, -0.15) is 0 Å². The number of allylic oxidation sites excluding steroid dienone is 2. The van der Waals surface area contributed by atoms with Crippen LogP contribution in [0.2, 0.25) is 0 Å². The normalized spacial score (nSPS) is 33.7. The summed E-state index contributed by atoms with van der Waals surface area (Å²) in [6.45, 7) is 0.418. The van der Waals surface area contributed by atoms with Crippen LogP contribution in [0.3, 0.4) is 0 Å². The number of carbonyl (C=O) groups excluding carboxylic acids is 2. The summed E-state index contributed by atoms with van der Waals surface area (Å²) in [5.74, 6) is 0.455. The second-order valence-electron chi connectivity index (χ2n) is 6.23. The van der Waals surface area contributed by atoms with Crippen molar-refractivity contribution in [2.75, 3.05) is 0 Å². The summed E-state index contributed by atoms with van der Waals surface area (Å²) in [4.78, 5) is 26.9. The maximum Gasteiger partial charge on any atom is 0.234 e. The van der Waals surface area contributed by atoms with E-state index in [9.17, 15) is 9.59 Å². The molecule has 2 fully saturated rings. The molecule has 1 aliphatic heterocycles. The average Bonchev–Trinajstić information content (AvgIpc) is 2.78. The Morgan fingerprint density at radius 2 is 1.48 bits per heavy atom. The van der Waals surface area contributed by atoms with Gasteiger partial charge < -0.3 is 0 Å². The van der Waals surface area contributed by atoms with E-state index in [0.717, 1.165) is 22.0 Å². The number of rotatable bonds is 2. The van der Waals surface area contributed by atoms with Crippen LogP contribution in [0.1, 0.15) is 18.4 Å². The summed E-state index contributed by atoms with van der Waals surface area (Å²) >= 11 is 2.25. The lowest BCUT2D eigenvalue weighted by Crippen LogP contribution is -2.38. The van der Waals surface area contributed by atoms with Gasteiger partial charge in [-0.15, -0.1) is 0 Å². The Kier molecular flexibility index (Phi) is 3.17. The lowest BCUT2D eigenvalue weighted by atomic mass is 9.63. The minimum atomic E-state index is -0.0925. The highest BCUT2D eigenvalue weighted by molar-refractivity contribution is 14.1. The van der Waals surface area contributed by atoms with Gasteiger partial charge in [-0.1, -0.05) is 24.3 Å². The van der Waals surface area contributed by atoms with Crippen LogP contribution in [0.4, 0.5) is 0 Å². The molecule has 1 saturated carbocycles. The third-order valence-electron chi connectivity index (χ3n) is 5.10. The Bertz CT molecular complexity index is 605. The van der Waals surface area contributed by atoms with Gasteiger partial charge in [-0.05, 0) is 65.0 Å². The zero-order valence-corrected chi connectivity index (χ0v) is 13.7. The highest BCUT2D eigenvalue weighted by Gasteiger charge is 2.56. The number of likely N-dealkylation sites (tertiary alicyclic amines) is 1. The van der Waals surface area contributed by atoms with Gasteiger partial charge >= 0.3 is 0 Å². The van der Waals surface area contributed by atoms with Gasteiger partial charge in [0.05, 0.1) is 18.4 Å². The van der Waals surface area contributed by atoms with Crippen molar-refractivity contribution in [2.24, 2.45) is 23.7 Å². The highest BCUT2D eigenvalue weighted by atomic mass is 127. The van der Waals surface area contributed by atoms with Crippen LogP contribution in [0.15, 0.2) is 36.4 Å². The summed E-state index contributed by atoms with van der Waals surface area (Å²) in [5, 5.41) is 0. The lowest BCUT2D eigenvalue weighted by molar-refractivity contribution is -0.140. The fourth-order valence-electron chi connectivity index (χ4n) is 4.06. The van der Waals surface area contributed by atoms with Crippen molar-refractivity contribution in [1.29, 1.82) is 0 Å². The molecule has 21 heavy (non-hydrogen) atoms. The van der Waals surface area contributed by atoms with Crippen LogP contribution < -0.4 is 0 Å². The van der Waals surface area contributed by atoms with Crippen molar-refractivity contribution >= 4 is 34.4 Å². The SMILES string of the molecule is O=C1[C@@H]2[C@@H](C(=O)N1Cc1ccc(I)cc1)[C@H]1C=C[C@H]2CC1. The summed E-state index contributed by atoms with van der Waals surface area (Å²) in [6, 6.07) is 8.02. The molecule has 1 heterocycles. The molecule has 2 amide bonds. The molecule has 108 valence electrons. The molecule has 3 nitrogen and oxygen atoms in total. The molecule has 0 aromatic heterocycles. The maximum atomic E-state index is 12.7. The minimum absolute atomic E-state index is 0.0441. The fourth-order valence-corrected chi connectivity index (χ4v) is 4.42. The first-order valence-electron chi connectivity index (χ1n) is 7.43. The number of nitrogens with zero attached hydrogens (tertiary/aromatic N) is 1. The smallest absolute Gasteiger partial charge is 0.234 e. The molecule has 1 aromatic carbocycles. The molecular formula is C17H16INO2. The fraction of sp³-hybridized carbons (Fsp3) is 0.412. The Labute approximate surface area is 137 Å². The Morgan fingerprint density at radius 3 is 1.95 bits per heavy atom. The topological polar surface area (TPSA) is 37.4 Å². The van der Waals surface area contributed by atoms with E-state index in [1.54, 1.807) is 0 Å². The number of imide groups is 1. The van der Waals surface area contributed by atoms with E-state index in [0.29, 0.717) is 6.54 Å². The number of benzene rings is 1. The first-order chi connectivity index (χ1) is 10.1. The van der Waals surface area contributed by atoms with Gasteiger partial charge in [0.1, 0.15) is 0 Å². The predicted octanol–water partition coefficient (Wildman–Crippen LogP) is 2.99. The molecule has 0 spiro atoms. The molecule has 4 aliphatic rings. The van der Waals surface area contributed by atoms with Crippen LogP contribution in [0.5, 0.6) is 0 Å². The van der Waals surface area contributed by atoms with E-state index >= 15 is 0 Å².